The van der Waals surface area contributed by atoms with Crippen LogP contribution < -0.4 is 11.2 Å². The molecular weight excluding hydrogens is 395 g/mol. The molecule has 3 rings (SSSR count). The molecule has 0 radical (unpaired) electrons. The number of aromatic nitrogens is 4. The van der Waals surface area contributed by atoms with Crippen LogP contribution in [0.2, 0.25) is 0 Å². The van der Waals surface area contributed by atoms with E-state index >= 15 is 0 Å². The molecule has 152 valence electrons. The molecule has 0 fully saturated rings. The van der Waals surface area contributed by atoms with Gasteiger partial charge in [0.2, 0.25) is 0 Å². The van der Waals surface area contributed by atoms with Crippen molar-refractivity contribution in [2.45, 2.75) is 31.2 Å². The number of nitrogens with zero attached hydrogens (tertiary/aromatic N) is 4. The van der Waals surface area contributed by atoms with Crippen molar-refractivity contribution in [1.82, 2.24) is 19.1 Å². The monoisotopic (exact) mass is 416 g/mol. The highest BCUT2D eigenvalue weighted by molar-refractivity contribution is 8.00. The van der Waals surface area contributed by atoms with Gasteiger partial charge in [-0.3, -0.25) is 18.7 Å². The first-order chi connectivity index (χ1) is 13.5. The van der Waals surface area contributed by atoms with E-state index in [0.717, 1.165) is 16.3 Å². The third-order valence-electron chi connectivity index (χ3n) is 4.44. The van der Waals surface area contributed by atoms with Crippen molar-refractivity contribution in [1.29, 1.82) is 0 Å². The van der Waals surface area contributed by atoms with Crippen molar-refractivity contribution in [3.8, 4) is 0 Å². The van der Waals surface area contributed by atoms with Crippen LogP contribution in [0.3, 0.4) is 0 Å². The molecule has 2 heterocycles. The molecule has 0 unspecified atom stereocenters. The Bertz CT molecular complexity index is 1220. The summed E-state index contributed by atoms with van der Waals surface area (Å²) < 4.78 is 15.4. The number of carbonyl (C=O) groups excluding carboxylic acids is 1. The largest absolute Gasteiger partial charge is 0.332 e. The Balaban J connectivity index is 2.12. The van der Waals surface area contributed by atoms with Crippen LogP contribution in [0.4, 0.5) is 4.39 Å². The van der Waals surface area contributed by atoms with E-state index in [2.05, 4.69) is 9.97 Å². The zero-order valence-corrected chi connectivity index (χ0v) is 17.6. The van der Waals surface area contributed by atoms with E-state index in [1.807, 2.05) is 20.8 Å². The lowest BCUT2D eigenvalue weighted by Crippen LogP contribution is -2.38. The second-order valence-electron chi connectivity index (χ2n) is 7.73. The van der Waals surface area contributed by atoms with Gasteiger partial charge >= 0.3 is 5.69 Å². The summed E-state index contributed by atoms with van der Waals surface area (Å²) in [5.41, 5.74) is -0.829. The third kappa shape index (κ3) is 4.00. The van der Waals surface area contributed by atoms with Crippen LogP contribution in [-0.2, 0) is 19.5 Å². The summed E-state index contributed by atoms with van der Waals surface area (Å²) in [4.78, 5) is 46.6. The van der Waals surface area contributed by atoms with Gasteiger partial charge in [0.15, 0.2) is 11.4 Å². The maximum Gasteiger partial charge on any atom is 0.332 e. The molecule has 0 saturated carbocycles. The fourth-order valence-corrected chi connectivity index (χ4v) is 3.63. The summed E-state index contributed by atoms with van der Waals surface area (Å²) in [5, 5.41) is 0.533. The molecule has 0 bridgehead atoms. The molecule has 0 spiro atoms. The molecule has 7 nitrogen and oxygen atoms in total. The molecule has 0 N–H and O–H groups in total. The number of rotatable bonds is 4. The smallest absolute Gasteiger partial charge is 0.293 e. The van der Waals surface area contributed by atoms with E-state index in [9.17, 15) is 18.8 Å². The van der Waals surface area contributed by atoms with E-state index in [4.69, 9.17) is 0 Å². The first-order valence-electron chi connectivity index (χ1n) is 8.90. The first kappa shape index (κ1) is 20.9. The summed E-state index contributed by atoms with van der Waals surface area (Å²) in [6.07, 6.45) is 0. The van der Waals surface area contributed by atoms with Crippen LogP contribution in [-0.4, -0.2) is 30.6 Å². The molecule has 9 heteroatoms. The van der Waals surface area contributed by atoms with Gasteiger partial charge in [0.1, 0.15) is 22.1 Å². The second-order valence-corrected chi connectivity index (χ2v) is 8.69. The standard InChI is InChI=1S/C20H21FN4O3S/c1-20(2,3)18-22-15-14(17(27)25(5)19(28)24(15)4)16(23-18)29-10-13(26)11-6-8-12(21)9-7-11/h6-9H,10H2,1-5H3. The Morgan fingerprint density at radius 1 is 1.07 bits per heavy atom. The molecule has 29 heavy (non-hydrogen) atoms. The van der Waals surface area contributed by atoms with Gasteiger partial charge in [-0.2, -0.15) is 0 Å². The van der Waals surface area contributed by atoms with E-state index in [0.29, 0.717) is 16.4 Å². The van der Waals surface area contributed by atoms with Crippen molar-refractivity contribution < 1.29 is 9.18 Å². The van der Waals surface area contributed by atoms with Gasteiger partial charge in [-0.15, -0.1) is 0 Å². The molecule has 0 amide bonds. The second kappa shape index (κ2) is 7.55. The van der Waals surface area contributed by atoms with E-state index in [1.165, 1.54) is 35.9 Å². The first-order valence-corrected chi connectivity index (χ1v) is 9.89. The van der Waals surface area contributed by atoms with Crippen molar-refractivity contribution in [2.75, 3.05) is 5.75 Å². The Morgan fingerprint density at radius 2 is 1.69 bits per heavy atom. The Morgan fingerprint density at radius 3 is 2.28 bits per heavy atom. The highest BCUT2D eigenvalue weighted by Crippen LogP contribution is 2.27. The number of hydrogen-bond donors (Lipinski definition) is 0. The summed E-state index contributed by atoms with van der Waals surface area (Å²) in [5.74, 6) is -0.172. The molecule has 0 atom stereocenters. The quantitative estimate of drug-likeness (QED) is 0.369. The molecule has 0 aliphatic heterocycles. The molecular formula is C20H21FN4O3S. The topological polar surface area (TPSA) is 86.8 Å². The Hall–Kier alpha value is -2.81. The molecule has 0 aliphatic carbocycles. The predicted octanol–water partition coefficient (Wildman–Crippen LogP) is 2.44. The average molecular weight is 416 g/mol. The van der Waals surface area contributed by atoms with Crippen LogP contribution in [0.25, 0.3) is 11.0 Å². The van der Waals surface area contributed by atoms with Gasteiger partial charge in [0.05, 0.1) is 5.75 Å². The van der Waals surface area contributed by atoms with Crippen LogP contribution in [0, 0.1) is 5.82 Å². The van der Waals surface area contributed by atoms with Crippen LogP contribution in [0.5, 0.6) is 0 Å². The molecule has 2 aromatic heterocycles. The lowest BCUT2D eigenvalue weighted by Gasteiger charge is -2.19. The maximum absolute atomic E-state index is 13.1. The minimum absolute atomic E-state index is 0.00727. The fraction of sp³-hybridized carbons (Fsp3) is 0.350. The van der Waals surface area contributed by atoms with Gasteiger partial charge in [0, 0.05) is 25.1 Å². The van der Waals surface area contributed by atoms with Gasteiger partial charge in [-0.25, -0.2) is 19.2 Å². The number of thioether (sulfide) groups is 1. The van der Waals surface area contributed by atoms with Gasteiger partial charge in [-0.05, 0) is 24.3 Å². The van der Waals surface area contributed by atoms with E-state index in [-0.39, 0.29) is 22.6 Å². The SMILES string of the molecule is Cn1c(=O)c2c(SCC(=O)c3ccc(F)cc3)nc(C(C)(C)C)nc2n(C)c1=O. The minimum atomic E-state index is -0.514. The summed E-state index contributed by atoms with van der Waals surface area (Å²) in [7, 11) is 2.93. The lowest BCUT2D eigenvalue weighted by molar-refractivity contribution is 0.102. The van der Waals surface area contributed by atoms with Crippen molar-refractivity contribution >= 4 is 28.6 Å². The normalized spacial score (nSPS) is 11.8. The lowest BCUT2D eigenvalue weighted by atomic mass is 9.96. The molecule has 0 saturated heterocycles. The Kier molecular flexibility index (Phi) is 5.44. The zero-order chi connectivity index (χ0) is 21.5. The number of ketones is 1. The number of carbonyl (C=O) groups is 1. The maximum atomic E-state index is 13.1. The molecule has 1 aromatic carbocycles. The summed E-state index contributed by atoms with van der Waals surface area (Å²) >= 11 is 1.10. The summed E-state index contributed by atoms with van der Waals surface area (Å²) in [6.45, 7) is 5.77. The number of fused-ring (bicyclic) bond motifs is 1. The van der Waals surface area contributed by atoms with Crippen molar-refractivity contribution in [2.24, 2.45) is 14.1 Å². The van der Waals surface area contributed by atoms with E-state index < -0.39 is 22.5 Å². The zero-order valence-electron chi connectivity index (χ0n) is 16.8. The number of hydrogen-bond acceptors (Lipinski definition) is 6. The fourth-order valence-electron chi connectivity index (χ4n) is 2.72. The van der Waals surface area contributed by atoms with Crippen LogP contribution in [0.1, 0.15) is 37.0 Å². The summed E-state index contributed by atoms with van der Waals surface area (Å²) in [6, 6.07) is 5.28. The number of benzene rings is 1. The van der Waals surface area contributed by atoms with Gasteiger partial charge in [0.25, 0.3) is 5.56 Å². The number of Topliss-reactive ketones (excluding diaryl/α,β-unsaturated/α-hetero) is 1. The van der Waals surface area contributed by atoms with E-state index in [1.54, 1.807) is 7.05 Å². The van der Waals surface area contributed by atoms with Crippen LogP contribution >= 0.6 is 11.8 Å². The average Bonchev–Trinajstić information content (AvgIpc) is 2.67. The molecule has 0 aliphatic rings. The number of aryl methyl sites for hydroxylation is 1. The van der Waals surface area contributed by atoms with Gasteiger partial charge < -0.3 is 0 Å². The van der Waals surface area contributed by atoms with Crippen LogP contribution in [0.15, 0.2) is 38.9 Å². The van der Waals surface area contributed by atoms with Crippen molar-refractivity contribution in [3.05, 3.63) is 62.3 Å². The van der Waals surface area contributed by atoms with Crippen molar-refractivity contribution in [3.63, 3.8) is 0 Å². The highest BCUT2D eigenvalue weighted by atomic mass is 32.2. The minimum Gasteiger partial charge on any atom is -0.293 e. The molecule has 3 aromatic rings. The predicted molar refractivity (Wildman–Crippen MR) is 110 cm³/mol. The Labute approximate surface area is 170 Å². The van der Waals surface area contributed by atoms with Gasteiger partial charge in [-0.1, -0.05) is 32.5 Å². The third-order valence-corrected chi connectivity index (χ3v) is 5.42. The highest BCUT2D eigenvalue weighted by Gasteiger charge is 2.24. The number of halogens is 1.